The minimum atomic E-state index is -1.85. The summed E-state index contributed by atoms with van der Waals surface area (Å²) < 4.78 is 30.9. The summed E-state index contributed by atoms with van der Waals surface area (Å²) >= 11 is 0. The first-order valence-corrected chi connectivity index (χ1v) is 17.0. The molecule has 2 bridgehead atoms. The van der Waals surface area contributed by atoms with Crippen molar-refractivity contribution in [3.05, 3.63) is 58.7 Å². The number of esters is 2. The number of hydrogen-bond acceptors (Lipinski definition) is 9. The van der Waals surface area contributed by atoms with Crippen molar-refractivity contribution < 1.29 is 43.5 Å². The van der Waals surface area contributed by atoms with Gasteiger partial charge in [-0.25, -0.2) is 4.79 Å². The van der Waals surface area contributed by atoms with E-state index in [1.807, 2.05) is 19.9 Å². The van der Waals surface area contributed by atoms with Gasteiger partial charge >= 0.3 is 11.9 Å². The fraction of sp³-hybridized carbons (Fsp3) is 0.676. The van der Waals surface area contributed by atoms with Crippen molar-refractivity contribution in [3.63, 3.8) is 0 Å². The van der Waals surface area contributed by atoms with Crippen molar-refractivity contribution in [2.75, 3.05) is 13.2 Å². The zero-order valence-corrected chi connectivity index (χ0v) is 28.2. The normalized spacial score (nSPS) is 43.3. The fourth-order valence-electron chi connectivity index (χ4n) is 7.39. The van der Waals surface area contributed by atoms with E-state index in [4.69, 9.17) is 23.7 Å². The second-order valence-corrected chi connectivity index (χ2v) is 14.2. The summed E-state index contributed by atoms with van der Waals surface area (Å²) in [6.45, 7) is 12.1. The van der Waals surface area contributed by atoms with Gasteiger partial charge in [0.1, 0.15) is 36.4 Å². The number of aliphatic hydroxyl groups is 2. The van der Waals surface area contributed by atoms with Crippen molar-refractivity contribution in [2.24, 2.45) is 17.8 Å². The molecule has 0 radical (unpaired) electrons. The molecule has 0 aromatic rings. The second kappa shape index (κ2) is 14.3. The first kappa shape index (κ1) is 34.8. The molecule has 4 heterocycles. The molecule has 5 aliphatic rings. The lowest BCUT2D eigenvalue weighted by atomic mass is 9.70. The van der Waals surface area contributed by atoms with Gasteiger partial charge in [0.05, 0.1) is 18.8 Å². The molecule has 3 fully saturated rings. The van der Waals surface area contributed by atoms with Gasteiger partial charge in [-0.05, 0) is 69.4 Å². The summed E-state index contributed by atoms with van der Waals surface area (Å²) in [5.41, 5.74) is 1.02. The van der Waals surface area contributed by atoms with Crippen molar-refractivity contribution in [2.45, 2.75) is 128 Å². The van der Waals surface area contributed by atoms with Crippen LogP contribution in [-0.2, 0) is 33.3 Å². The predicted molar refractivity (Wildman–Crippen MR) is 172 cm³/mol. The van der Waals surface area contributed by atoms with E-state index < -0.39 is 47.6 Å². The summed E-state index contributed by atoms with van der Waals surface area (Å²) in [6, 6.07) is 0. The summed E-state index contributed by atoms with van der Waals surface area (Å²) in [7, 11) is 0. The predicted octanol–water partition coefficient (Wildman–Crippen LogP) is 5.41. The van der Waals surface area contributed by atoms with E-state index in [9.17, 15) is 19.8 Å². The number of rotatable bonds is 4. The molecule has 1 spiro atoms. The molecule has 0 aromatic carbocycles. The highest BCUT2D eigenvalue weighted by atomic mass is 16.7. The quantitative estimate of drug-likeness (QED) is 0.236. The molecule has 9 heteroatoms. The van der Waals surface area contributed by atoms with Gasteiger partial charge in [-0.15, -0.1) is 0 Å². The van der Waals surface area contributed by atoms with Gasteiger partial charge in [-0.3, -0.25) is 4.79 Å². The smallest absolute Gasteiger partial charge is 0.331 e. The number of allylic oxidation sites excluding steroid dienone is 5. The van der Waals surface area contributed by atoms with Crippen LogP contribution in [0.15, 0.2) is 58.7 Å². The Morgan fingerprint density at radius 1 is 1.20 bits per heavy atom. The van der Waals surface area contributed by atoms with E-state index in [2.05, 4.69) is 39.8 Å². The molecular weight excluding hydrogens is 588 g/mol. The average Bonchev–Trinajstić information content (AvgIpc) is 3.34. The first-order chi connectivity index (χ1) is 21.8. The number of aliphatic hydroxyl groups excluding tert-OH is 1. The monoisotopic (exact) mass is 640 g/mol. The maximum Gasteiger partial charge on any atom is 0.331 e. The highest BCUT2D eigenvalue weighted by molar-refractivity contribution is 5.83. The Morgan fingerprint density at radius 3 is 2.72 bits per heavy atom. The van der Waals surface area contributed by atoms with E-state index in [0.29, 0.717) is 43.6 Å². The first-order valence-electron chi connectivity index (χ1n) is 17.0. The lowest BCUT2D eigenvalue weighted by Crippen LogP contribution is -2.58. The molecule has 254 valence electrons. The largest absolute Gasteiger partial charge is 0.462 e. The van der Waals surface area contributed by atoms with Crippen LogP contribution in [0.3, 0.4) is 0 Å². The second-order valence-electron chi connectivity index (χ2n) is 14.2. The van der Waals surface area contributed by atoms with Crippen molar-refractivity contribution in [3.8, 4) is 0 Å². The Hall–Kier alpha value is -2.56. The number of ether oxygens (including phenoxy) is 5. The highest BCUT2D eigenvalue weighted by Gasteiger charge is 2.60. The van der Waals surface area contributed by atoms with Crippen LogP contribution in [0.2, 0.25) is 0 Å². The van der Waals surface area contributed by atoms with Crippen LogP contribution in [-0.4, -0.2) is 77.3 Å². The zero-order valence-electron chi connectivity index (χ0n) is 28.2. The molecule has 2 N–H and O–H groups in total. The Bertz CT molecular complexity index is 1310. The Kier molecular flexibility index (Phi) is 10.8. The zero-order chi connectivity index (χ0) is 33.2. The maximum atomic E-state index is 14.2. The van der Waals surface area contributed by atoms with Crippen LogP contribution < -0.4 is 0 Å². The van der Waals surface area contributed by atoms with Crippen molar-refractivity contribution in [1.29, 1.82) is 0 Å². The maximum absolute atomic E-state index is 14.2. The molecule has 0 aromatic heterocycles. The molecule has 0 amide bonds. The van der Waals surface area contributed by atoms with E-state index in [1.54, 1.807) is 6.08 Å². The summed E-state index contributed by atoms with van der Waals surface area (Å²) in [5.74, 6) is -2.60. The number of fused-ring (bicyclic) bond motifs is 2. The van der Waals surface area contributed by atoms with E-state index in [0.717, 1.165) is 18.4 Å². The minimum Gasteiger partial charge on any atom is -0.462 e. The van der Waals surface area contributed by atoms with Gasteiger partial charge in [0, 0.05) is 25.3 Å². The summed E-state index contributed by atoms with van der Waals surface area (Å²) in [6.07, 6.45) is 12.5. The third kappa shape index (κ3) is 7.44. The Labute approximate surface area is 273 Å². The third-order valence-electron chi connectivity index (χ3n) is 10.5. The van der Waals surface area contributed by atoms with Crippen LogP contribution in [0.5, 0.6) is 0 Å². The summed E-state index contributed by atoms with van der Waals surface area (Å²) in [4.78, 5) is 26.6. The third-order valence-corrected chi connectivity index (χ3v) is 10.5. The van der Waals surface area contributed by atoms with Gasteiger partial charge < -0.3 is 33.9 Å². The summed E-state index contributed by atoms with van der Waals surface area (Å²) in [5, 5.41) is 23.7. The molecule has 10 atom stereocenters. The van der Waals surface area contributed by atoms with E-state index in [1.165, 1.54) is 17.7 Å². The van der Waals surface area contributed by atoms with Gasteiger partial charge in [0.25, 0.3) is 0 Å². The SMILES string of the molecule is CC/C(C)=C/C(=O)OCC1=C[C@H]2C(=O)O[C@H]3C[C@@H](C/C=C(\C)C[C@@H](C)/C=C/C=C4\CO[C@H]([C@@H]1O)[C@@]42O)O[C@@]1(CC[C@H](C)[C@@H](C)O1)C3. The number of carbonyl (C=O) groups is 2. The molecule has 0 unspecified atom stereocenters. The van der Waals surface area contributed by atoms with Crippen LogP contribution in [0, 0.1) is 17.8 Å². The fourth-order valence-corrected chi connectivity index (χ4v) is 7.39. The Morgan fingerprint density at radius 2 is 1.98 bits per heavy atom. The van der Waals surface area contributed by atoms with Crippen molar-refractivity contribution in [1.82, 2.24) is 0 Å². The van der Waals surface area contributed by atoms with Crippen LogP contribution >= 0.6 is 0 Å². The lowest BCUT2D eigenvalue weighted by Gasteiger charge is -2.49. The minimum absolute atomic E-state index is 0.000389. The molecule has 1 aliphatic carbocycles. The van der Waals surface area contributed by atoms with Crippen molar-refractivity contribution >= 4 is 11.9 Å². The molecule has 4 aliphatic heterocycles. The van der Waals surface area contributed by atoms with Crippen LogP contribution in [0.1, 0.15) is 86.5 Å². The molecule has 0 saturated carbocycles. The molecule has 5 rings (SSSR count). The van der Waals surface area contributed by atoms with Gasteiger partial charge in [-0.2, -0.15) is 0 Å². The van der Waals surface area contributed by atoms with E-state index >= 15 is 0 Å². The standard InChI is InChI=1S/C37H52O9/c1-7-22(2)16-32(38)42-20-27-17-31-35(40)44-30-18-29(46-36(19-30)14-13-25(5)26(6)45-36)12-11-24(4)15-23(3)9-8-10-28-21-43-34(33(27)39)37(28,31)41/h8-11,16-17,23,25-26,29-31,33-34,39,41H,7,12-15,18-21H2,1-6H3/b9-8+,22-16+,24-11+,28-10+/t23-,25-,26+,29+,30-,31-,33+,34+,36-,37+/m0/s1. The molecule has 3 saturated heterocycles. The van der Waals surface area contributed by atoms with Crippen LogP contribution in [0.25, 0.3) is 0 Å². The molecule has 46 heavy (non-hydrogen) atoms. The number of hydrogen-bond donors (Lipinski definition) is 2. The Balaban J connectivity index is 1.50. The molecule has 9 nitrogen and oxygen atoms in total. The van der Waals surface area contributed by atoms with Gasteiger partial charge in [0.15, 0.2) is 5.79 Å². The van der Waals surface area contributed by atoms with Crippen LogP contribution in [0.4, 0.5) is 0 Å². The topological polar surface area (TPSA) is 121 Å². The average molecular weight is 641 g/mol. The molecular formula is C37H52O9. The lowest BCUT2D eigenvalue weighted by molar-refractivity contribution is -0.332. The van der Waals surface area contributed by atoms with E-state index in [-0.39, 0.29) is 36.9 Å². The van der Waals surface area contributed by atoms with Gasteiger partial charge in [0.2, 0.25) is 0 Å². The number of carbonyl (C=O) groups excluding carboxylic acids is 2. The highest BCUT2D eigenvalue weighted by Crippen LogP contribution is 2.47. The van der Waals surface area contributed by atoms with Gasteiger partial charge in [-0.1, -0.05) is 62.3 Å².